The topological polar surface area (TPSA) is 44.4 Å². The number of nitrogens with one attached hydrogen (secondary N) is 2. The van der Waals surface area contributed by atoms with Crippen LogP contribution in [0.5, 0.6) is 0 Å². The number of carbonyl (C=O) groups excluding carboxylic acids is 1. The van der Waals surface area contributed by atoms with E-state index in [-0.39, 0.29) is 18.3 Å². The molecule has 2 N–H and O–H groups in total. The van der Waals surface area contributed by atoms with Crippen LogP contribution in [0.15, 0.2) is 0 Å². The molecule has 5 heteroatoms. The van der Waals surface area contributed by atoms with E-state index in [0.29, 0.717) is 6.54 Å². The van der Waals surface area contributed by atoms with Crippen LogP contribution in [-0.2, 0) is 4.79 Å². The van der Waals surface area contributed by atoms with E-state index in [2.05, 4.69) is 15.5 Å². The lowest BCUT2D eigenvalue weighted by molar-refractivity contribution is -0.122. The van der Waals surface area contributed by atoms with Crippen LogP contribution in [0.4, 0.5) is 0 Å². The van der Waals surface area contributed by atoms with Gasteiger partial charge in [-0.05, 0) is 44.1 Å². The zero-order valence-electron chi connectivity index (χ0n) is 10.9. The lowest BCUT2D eigenvalue weighted by atomic mass is 9.93. The van der Waals surface area contributed by atoms with Gasteiger partial charge < -0.3 is 10.6 Å². The van der Waals surface area contributed by atoms with Crippen molar-refractivity contribution in [1.82, 2.24) is 15.5 Å². The van der Waals surface area contributed by atoms with Gasteiger partial charge in [0.25, 0.3) is 0 Å². The number of piperidine rings is 1. The molecule has 104 valence electrons. The zero-order valence-corrected chi connectivity index (χ0v) is 11.7. The van der Waals surface area contributed by atoms with E-state index >= 15 is 0 Å². The summed E-state index contributed by atoms with van der Waals surface area (Å²) >= 11 is 0. The Balaban J connectivity index is 0.00000120. The Morgan fingerprint density at radius 1 is 1.28 bits per heavy atom. The lowest BCUT2D eigenvalue weighted by Gasteiger charge is -2.34. The molecular formula is C13H24ClN3O. The molecule has 2 unspecified atom stereocenters. The quantitative estimate of drug-likeness (QED) is 0.789. The van der Waals surface area contributed by atoms with Gasteiger partial charge in [-0.25, -0.2) is 0 Å². The molecule has 1 amide bonds. The zero-order chi connectivity index (χ0) is 11.7. The minimum absolute atomic E-state index is 0. The fraction of sp³-hybridized carbons (Fsp3) is 0.923. The van der Waals surface area contributed by atoms with Gasteiger partial charge in [0.2, 0.25) is 5.91 Å². The molecule has 0 bridgehead atoms. The molecule has 0 spiro atoms. The molecular weight excluding hydrogens is 250 g/mol. The largest absolute Gasteiger partial charge is 0.355 e. The van der Waals surface area contributed by atoms with Crippen molar-refractivity contribution in [2.75, 3.05) is 32.7 Å². The number of nitrogens with zero attached hydrogens (tertiary/aromatic N) is 1. The summed E-state index contributed by atoms with van der Waals surface area (Å²) in [5, 5.41) is 6.61. The van der Waals surface area contributed by atoms with Crippen LogP contribution >= 0.6 is 12.4 Å². The van der Waals surface area contributed by atoms with Crippen molar-refractivity contribution in [1.29, 1.82) is 0 Å². The van der Waals surface area contributed by atoms with E-state index in [0.717, 1.165) is 44.1 Å². The highest BCUT2D eigenvalue weighted by molar-refractivity contribution is 5.85. The summed E-state index contributed by atoms with van der Waals surface area (Å²) in [4.78, 5) is 14.1. The number of likely N-dealkylation sites (tertiary alicyclic amines) is 1. The number of amides is 1. The van der Waals surface area contributed by atoms with Gasteiger partial charge in [-0.15, -0.1) is 12.4 Å². The van der Waals surface area contributed by atoms with Crippen LogP contribution in [0.25, 0.3) is 0 Å². The number of hydrogen-bond acceptors (Lipinski definition) is 3. The average Bonchev–Trinajstić information content (AvgIpc) is 3.04. The van der Waals surface area contributed by atoms with E-state index in [9.17, 15) is 4.79 Å². The van der Waals surface area contributed by atoms with Crippen molar-refractivity contribution in [3.05, 3.63) is 0 Å². The van der Waals surface area contributed by atoms with Crippen LogP contribution in [0.2, 0.25) is 0 Å². The molecule has 2 aliphatic heterocycles. The number of carbonyl (C=O) groups is 1. The monoisotopic (exact) mass is 273 g/mol. The maximum atomic E-state index is 11.8. The molecule has 0 aromatic heterocycles. The molecule has 2 saturated heterocycles. The molecule has 3 aliphatic rings. The van der Waals surface area contributed by atoms with E-state index in [4.69, 9.17) is 0 Å². The summed E-state index contributed by atoms with van der Waals surface area (Å²) in [6.07, 6.45) is 5.10. The standard InChI is InChI=1S/C13H23N3O.ClH/c17-13(15-7-10-1-2-10)9-16-6-4-12-11(8-16)3-5-14-12;/h10-12,14H,1-9H2,(H,15,17);1H. The first-order valence-corrected chi connectivity index (χ1v) is 7.03. The second-order valence-electron chi connectivity index (χ2n) is 5.88. The second kappa shape index (κ2) is 6.22. The first-order valence-electron chi connectivity index (χ1n) is 7.03. The van der Waals surface area contributed by atoms with Gasteiger partial charge >= 0.3 is 0 Å². The SMILES string of the molecule is Cl.O=C(CN1CCC2NCCC2C1)NCC1CC1. The maximum absolute atomic E-state index is 11.8. The Morgan fingerprint density at radius 3 is 2.89 bits per heavy atom. The van der Waals surface area contributed by atoms with Crippen LogP contribution < -0.4 is 10.6 Å². The minimum Gasteiger partial charge on any atom is -0.355 e. The molecule has 18 heavy (non-hydrogen) atoms. The molecule has 1 aliphatic carbocycles. The van der Waals surface area contributed by atoms with E-state index < -0.39 is 0 Å². The molecule has 2 atom stereocenters. The number of halogens is 1. The van der Waals surface area contributed by atoms with Gasteiger partial charge in [0, 0.05) is 25.7 Å². The highest BCUT2D eigenvalue weighted by Gasteiger charge is 2.33. The van der Waals surface area contributed by atoms with Gasteiger partial charge in [0.15, 0.2) is 0 Å². The fourth-order valence-electron chi connectivity index (χ4n) is 3.11. The predicted molar refractivity (Wildman–Crippen MR) is 73.9 cm³/mol. The maximum Gasteiger partial charge on any atom is 0.234 e. The molecule has 1 saturated carbocycles. The summed E-state index contributed by atoms with van der Waals surface area (Å²) < 4.78 is 0. The Kier molecular flexibility index (Phi) is 4.87. The second-order valence-corrected chi connectivity index (χ2v) is 5.88. The average molecular weight is 274 g/mol. The number of hydrogen-bond donors (Lipinski definition) is 2. The van der Waals surface area contributed by atoms with E-state index in [1.165, 1.54) is 25.7 Å². The normalized spacial score (nSPS) is 31.6. The fourth-order valence-corrected chi connectivity index (χ4v) is 3.11. The van der Waals surface area contributed by atoms with Crippen LogP contribution in [-0.4, -0.2) is 49.6 Å². The minimum atomic E-state index is 0. The molecule has 3 rings (SSSR count). The van der Waals surface area contributed by atoms with Gasteiger partial charge in [-0.3, -0.25) is 9.69 Å². The molecule has 0 radical (unpaired) electrons. The van der Waals surface area contributed by atoms with Crippen LogP contribution in [0.1, 0.15) is 25.7 Å². The highest BCUT2D eigenvalue weighted by atomic mass is 35.5. The Bertz CT molecular complexity index is 296. The Morgan fingerprint density at radius 2 is 2.11 bits per heavy atom. The summed E-state index contributed by atoms with van der Waals surface area (Å²) in [5.41, 5.74) is 0. The predicted octanol–water partition coefficient (Wildman–Crippen LogP) is 0.618. The van der Waals surface area contributed by atoms with Crippen LogP contribution in [0.3, 0.4) is 0 Å². The molecule has 0 aromatic rings. The molecule has 2 heterocycles. The Labute approximate surface area is 115 Å². The number of fused-ring (bicyclic) bond motifs is 1. The van der Waals surface area contributed by atoms with Crippen molar-refractivity contribution < 1.29 is 4.79 Å². The van der Waals surface area contributed by atoms with Crippen molar-refractivity contribution in [3.63, 3.8) is 0 Å². The van der Waals surface area contributed by atoms with E-state index in [1.807, 2.05) is 0 Å². The van der Waals surface area contributed by atoms with Crippen molar-refractivity contribution >= 4 is 18.3 Å². The molecule has 0 aromatic carbocycles. The van der Waals surface area contributed by atoms with Gasteiger partial charge in [-0.1, -0.05) is 0 Å². The van der Waals surface area contributed by atoms with Crippen molar-refractivity contribution in [3.8, 4) is 0 Å². The Hall–Kier alpha value is -0.320. The third-order valence-corrected chi connectivity index (χ3v) is 4.39. The van der Waals surface area contributed by atoms with Gasteiger partial charge in [0.05, 0.1) is 6.54 Å². The summed E-state index contributed by atoms with van der Waals surface area (Å²) in [6, 6.07) is 0.723. The lowest BCUT2D eigenvalue weighted by Crippen LogP contribution is -2.48. The third-order valence-electron chi connectivity index (χ3n) is 4.39. The molecule has 4 nitrogen and oxygen atoms in total. The summed E-state index contributed by atoms with van der Waals surface area (Å²) in [7, 11) is 0. The molecule has 3 fully saturated rings. The highest BCUT2D eigenvalue weighted by Crippen LogP contribution is 2.27. The van der Waals surface area contributed by atoms with Crippen LogP contribution in [0, 0.1) is 11.8 Å². The van der Waals surface area contributed by atoms with Gasteiger partial charge in [0.1, 0.15) is 0 Å². The third kappa shape index (κ3) is 3.59. The first kappa shape index (κ1) is 14.1. The summed E-state index contributed by atoms with van der Waals surface area (Å²) in [5.74, 6) is 1.78. The smallest absolute Gasteiger partial charge is 0.234 e. The van der Waals surface area contributed by atoms with E-state index in [1.54, 1.807) is 0 Å². The van der Waals surface area contributed by atoms with Crippen molar-refractivity contribution in [2.24, 2.45) is 11.8 Å². The first-order chi connectivity index (χ1) is 8.31. The summed E-state index contributed by atoms with van der Waals surface area (Å²) in [6.45, 7) is 4.85. The van der Waals surface area contributed by atoms with Crippen molar-refractivity contribution in [2.45, 2.75) is 31.7 Å². The number of rotatable bonds is 4. The van der Waals surface area contributed by atoms with Gasteiger partial charge in [-0.2, -0.15) is 0 Å².